The molecule has 0 radical (unpaired) electrons. The largest absolute Gasteiger partial charge is 0.462 e. The zero-order valence-electron chi connectivity index (χ0n) is 11.5. The van der Waals surface area contributed by atoms with Crippen LogP contribution in [0, 0.1) is 0 Å². The van der Waals surface area contributed by atoms with E-state index in [1.54, 1.807) is 0 Å². The second-order valence-electron chi connectivity index (χ2n) is 4.97. The van der Waals surface area contributed by atoms with Crippen LogP contribution >= 0.6 is 11.6 Å². The number of carbonyl (C=O) groups excluding carboxylic acids is 2. The van der Waals surface area contributed by atoms with Crippen LogP contribution < -0.4 is 0 Å². The van der Waals surface area contributed by atoms with Gasteiger partial charge in [-0.25, -0.2) is 0 Å². The Bertz CT molecular complexity index is 287. The summed E-state index contributed by atoms with van der Waals surface area (Å²) in [5, 5.41) is 0. The number of carbonyl (C=O) groups is 2. The van der Waals surface area contributed by atoms with E-state index in [4.69, 9.17) is 21.1 Å². The van der Waals surface area contributed by atoms with Crippen molar-refractivity contribution >= 4 is 23.5 Å². The molecule has 1 aliphatic carbocycles. The fourth-order valence-electron chi connectivity index (χ4n) is 2.18. The van der Waals surface area contributed by atoms with Gasteiger partial charge in [0.25, 0.3) is 0 Å². The van der Waals surface area contributed by atoms with Crippen molar-refractivity contribution < 1.29 is 19.1 Å². The Kier molecular flexibility index (Phi) is 7.87. The molecule has 0 spiro atoms. The fourth-order valence-corrected chi connectivity index (χ4v) is 2.35. The van der Waals surface area contributed by atoms with Gasteiger partial charge in [-0.1, -0.05) is 13.3 Å². The maximum Gasteiger partial charge on any atom is 0.309 e. The van der Waals surface area contributed by atoms with Crippen molar-refractivity contribution in [2.24, 2.45) is 0 Å². The molecule has 0 N–H and O–H groups in total. The molecule has 0 heterocycles. The number of hydrogen-bond acceptors (Lipinski definition) is 4. The lowest BCUT2D eigenvalue weighted by Crippen LogP contribution is -2.27. The Labute approximate surface area is 119 Å². The molecule has 0 aromatic heterocycles. The highest BCUT2D eigenvalue weighted by Gasteiger charge is 2.22. The highest BCUT2D eigenvalue weighted by Crippen LogP contribution is 2.21. The second-order valence-corrected chi connectivity index (χ2v) is 5.28. The smallest absolute Gasteiger partial charge is 0.309 e. The zero-order chi connectivity index (χ0) is 14.1. The normalized spacial score (nSPS) is 17.8. The number of halogens is 1. The van der Waals surface area contributed by atoms with E-state index in [1.165, 1.54) is 6.42 Å². The summed E-state index contributed by atoms with van der Waals surface area (Å²) in [5.41, 5.74) is 0. The standard InChI is InChI=1S/C14H23ClO4/c1-2-6-13(16)19-12(10-15)9-14(17)18-11-7-4-3-5-8-11/h11-12H,2-10H2,1H3. The molecule has 1 saturated carbocycles. The lowest BCUT2D eigenvalue weighted by atomic mass is 9.98. The van der Waals surface area contributed by atoms with Gasteiger partial charge in [0.2, 0.25) is 0 Å². The van der Waals surface area contributed by atoms with Crippen molar-refractivity contribution in [3.63, 3.8) is 0 Å². The third-order valence-electron chi connectivity index (χ3n) is 3.17. The molecule has 0 bridgehead atoms. The van der Waals surface area contributed by atoms with Gasteiger partial charge in [0.15, 0.2) is 0 Å². The molecule has 0 saturated heterocycles. The summed E-state index contributed by atoms with van der Waals surface area (Å²) in [6.45, 7) is 1.90. The lowest BCUT2D eigenvalue weighted by Gasteiger charge is -2.23. The molecule has 0 amide bonds. The summed E-state index contributed by atoms with van der Waals surface area (Å²) in [5.74, 6) is -0.504. The predicted octanol–water partition coefficient (Wildman–Crippen LogP) is 3.20. The van der Waals surface area contributed by atoms with Crippen LogP contribution in [0.25, 0.3) is 0 Å². The number of rotatable bonds is 7. The summed E-state index contributed by atoms with van der Waals surface area (Å²) >= 11 is 5.71. The molecule has 1 fully saturated rings. The molecule has 0 aromatic rings. The van der Waals surface area contributed by atoms with Gasteiger partial charge in [-0.3, -0.25) is 9.59 Å². The zero-order valence-corrected chi connectivity index (χ0v) is 12.3. The van der Waals surface area contributed by atoms with Crippen molar-refractivity contribution in [3.8, 4) is 0 Å². The van der Waals surface area contributed by atoms with Crippen molar-refractivity contribution in [1.82, 2.24) is 0 Å². The van der Waals surface area contributed by atoms with Crippen molar-refractivity contribution in [1.29, 1.82) is 0 Å². The summed E-state index contributed by atoms with van der Waals surface area (Å²) < 4.78 is 10.5. The molecule has 1 aliphatic rings. The monoisotopic (exact) mass is 290 g/mol. The van der Waals surface area contributed by atoms with Crippen LogP contribution in [0.4, 0.5) is 0 Å². The van der Waals surface area contributed by atoms with Gasteiger partial charge < -0.3 is 9.47 Å². The summed E-state index contributed by atoms with van der Waals surface area (Å²) in [4.78, 5) is 23.1. The van der Waals surface area contributed by atoms with E-state index in [0.29, 0.717) is 6.42 Å². The Morgan fingerprint density at radius 1 is 1.21 bits per heavy atom. The van der Waals surface area contributed by atoms with Crippen LogP contribution in [0.2, 0.25) is 0 Å². The molecule has 1 atom stereocenters. The first-order valence-electron chi connectivity index (χ1n) is 7.10. The van der Waals surface area contributed by atoms with Gasteiger partial charge in [0.1, 0.15) is 12.2 Å². The topological polar surface area (TPSA) is 52.6 Å². The van der Waals surface area contributed by atoms with Gasteiger partial charge in [-0.05, 0) is 32.1 Å². The first-order valence-corrected chi connectivity index (χ1v) is 7.64. The van der Waals surface area contributed by atoms with Crippen molar-refractivity contribution in [3.05, 3.63) is 0 Å². The minimum Gasteiger partial charge on any atom is -0.462 e. The van der Waals surface area contributed by atoms with E-state index in [9.17, 15) is 9.59 Å². The van der Waals surface area contributed by atoms with Crippen LogP contribution in [-0.2, 0) is 19.1 Å². The number of alkyl halides is 1. The average molecular weight is 291 g/mol. The van der Waals surface area contributed by atoms with Gasteiger partial charge >= 0.3 is 11.9 Å². The summed E-state index contributed by atoms with van der Waals surface area (Å²) in [6, 6.07) is 0. The molecular weight excluding hydrogens is 268 g/mol. The van der Waals surface area contributed by atoms with Gasteiger partial charge in [0, 0.05) is 6.42 Å². The molecular formula is C14H23ClO4. The van der Waals surface area contributed by atoms with E-state index in [1.807, 2.05) is 6.92 Å². The SMILES string of the molecule is CCCC(=O)OC(CCl)CC(=O)OC1CCCCC1. The van der Waals surface area contributed by atoms with E-state index in [2.05, 4.69) is 0 Å². The molecule has 0 aromatic carbocycles. The highest BCUT2D eigenvalue weighted by molar-refractivity contribution is 6.18. The Morgan fingerprint density at radius 2 is 1.89 bits per heavy atom. The van der Waals surface area contributed by atoms with Gasteiger partial charge in [-0.2, -0.15) is 0 Å². The predicted molar refractivity (Wildman–Crippen MR) is 73.1 cm³/mol. The summed E-state index contributed by atoms with van der Waals surface area (Å²) in [6.07, 6.45) is 5.90. The Morgan fingerprint density at radius 3 is 2.47 bits per heavy atom. The number of hydrogen-bond donors (Lipinski definition) is 0. The lowest BCUT2D eigenvalue weighted by molar-refractivity contribution is -0.157. The van der Waals surface area contributed by atoms with E-state index < -0.39 is 6.10 Å². The summed E-state index contributed by atoms with van der Waals surface area (Å²) in [7, 11) is 0. The average Bonchev–Trinajstić information content (AvgIpc) is 2.39. The van der Waals surface area contributed by atoms with Crippen LogP contribution in [0.1, 0.15) is 58.3 Å². The van der Waals surface area contributed by atoms with Gasteiger partial charge in [-0.15, -0.1) is 11.6 Å². The molecule has 1 rings (SSSR count). The van der Waals surface area contributed by atoms with Crippen molar-refractivity contribution in [2.45, 2.75) is 70.5 Å². The van der Waals surface area contributed by atoms with Crippen LogP contribution in [-0.4, -0.2) is 30.0 Å². The third-order valence-corrected chi connectivity index (χ3v) is 3.51. The molecule has 0 aliphatic heterocycles. The number of ether oxygens (including phenoxy) is 2. The molecule has 1 unspecified atom stereocenters. The third kappa shape index (κ3) is 6.81. The van der Waals surface area contributed by atoms with E-state index in [-0.39, 0.29) is 30.3 Å². The number of esters is 2. The fraction of sp³-hybridized carbons (Fsp3) is 0.857. The first kappa shape index (κ1) is 16.3. The highest BCUT2D eigenvalue weighted by atomic mass is 35.5. The minimum absolute atomic E-state index is 0.0311. The Balaban J connectivity index is 2.29. The van der Waals surface area contributed by atoms with Gasteiger partial charge in [0.05, 0.1) is 12.3 Å². The van der Waals surface area contributed by atoms with Crippen molar-refractivity contribution in [2.75, 3.05) is 5.88 Å². The first-order chi connectivity index (χ1) is 9.15. The van der Waals surface area contributed by atoms with Crippen LogP contribution in [0.5, 0.6) is 0 Å². The van der Waals surface area contributed by atoms with E-state index >= 15 is 0 Å². The molecule has 5 heteroatoms. The second kappa shape index (κ2) is 9.18. The van der Waals surface area contributed by atoms with E-state index in [0.717, 1.165) is 32.1 Å². The molecule has 19 heavy (non-hydrogen) atoms. The maximum absolute atomic E-state index is 11.7. The molecule has 110 valence electrons. The quantitative estimate of drug-likeness (QED) is 0.534. The Hall–Kier alpha value is -0.770. The minimum atomic E-state index is -0.572. The van der Waals surface area contributed by atoms with Crippen LogP contribution in [0.15, 0.2) is 0 Å². The van der Waals surface area contributed by atoms with Crippen LogP contribution in [0.3, 0.4) is 0 Å². The maximum atomic E-state index is 11.7. The molecule has 4 nitrogen and oxygen atoms in total.